The molecule has 1 atom stereocenters. The molecule has 3 rings (SSSR count). The van der Waals surface area contributed by atoms with Crippen LogP contribution >= 0.6 is 0 Å². The Morgan fingerprint density at radius 1 is 1.05 bits per heavy atom. The van der Waals surface area contributed by atoms with Gasteiger partial charge in [-0.2, -0.15) is 0 Å². The number of hydrogen-bond donors (Lipinski definition) is 2. The molecule has 0 aliphatic carbocycles. The van der Waals surface area contributed by atoms with Crippen LogP contribution in [-0.2, 0) is 26.0 Å². The minimum Gasteiger partial charge on any atom is -0.497 e. The third-order valence-electron chi connectivity index (χ3n) is 6.51. The maximum atomic E-state index is 12.2. The Morgan fingerprint density at radius 2 is 1.66 bits per heavy atom. The summed E-state index contributed by atoms with van der Waals surface area (Å²) in [5, 5.41) is 0. The van der Waals surface area contributed by atoms with Gasteiger partial charge in [0.2, 0.25) is 15.9 Å². The first-order valence-corrected chi connectivity index (χ1v) is 15.6. The van der Waals surface area contributed by atoms with Gasteiger partial charge in [0, 0.05) is 25.4 Å². The number of rotatable bonds is 12. The molecule has 2 aromatic rings. The van der Waals surface area contributed by atoms with Crippen LogP contribution in [0.25, 0.3) is 11.1 Å². The van der Waals surface area contributed by atoms with E-state index in [0.717, 1.165) is 54.4 Å². The van der Waals surface area contributed by atoms with E-state index in [1.165, 1.54) is 16.9 Å². The zero-order valence-corrected chi connectivity index (χ0v) is 25.7. The highest BCUT2D eigenvalue weighted by atomic mass is 32.2. The smallest absolute Gasteiger partial charge is 0.217 e. The first kappa shape index (κ1) is 35.8. The van der Waals surface area contributed by atoms with Gasteiger partial charge in [-0.1, -0.05) is 67.1 Å². The van der Waals surface area contributed by atoms with Crippen molar-refractivity contribution in [3.8, 4) is 16.9 Å². The van der Waals surface area contributed by atoms with E-state index < -0.39 is 10.0 Å². The Labute approximate surface area is 246 Å². The monoisotopic (exact) mass is 585 g/mol. The molecule has 226 valence electrons. The number of amides is 1. The summed E-state index contributed by atoms with van der Waals surface area (Å²) in [6.45, 7) is 5.00. The maximum Gasteiger partial charge on any atom is 0.217 e. The number of nitrogens with zero attached hydrogens (tertiary/aromatic N) is 1. The highest BCUT2D eigenvalue weighted by Crippen LogP contribution is 2.23. The fraction of sp³-hybridized carbons (Fsp3) is 0.438. The lowest BCUT2D eigenvalue weighted by atomic mass is 10.0. The molecular formula is C32H47N3O5S. The SMILES string of the molecule is CC/C=C(/C)C/C=C\CS(=O)(=O)N1CCCC(C=O)C1.CN.COc1ccc(-c2ccc(CCC(N)=O)cc2)cc1. The minimum absolute atomic E-state index is 0.0258. The fourth-order valence-electron chi connectivity index (χ4n) is 4.25. The van der Waals surface area contributed by atoms with Crippen molar-refractivity contribution in [1.29, 1.82) is 0 Å². The standard InChI is InChI=1S/C16H17NO2.C15H25NO3S.CH5N/c1-19-15-9-7-14(8-10-15)13-5-2-12(3-6-13)4-11-16(17)18;1-3-7-14(2)8-4-5-11-20(18,19)16-10-6-9-15(12-16)13-17;1-2/h2-3,5-10H,4,11H2,1H3,(H2,17,18);4-5,7,13,15H,3,6,8-12H2,1-2H3;2H2,1H3/b;5-4-,14-7-;. The van der Waals surface area contributed by atoms with Gasteiger partial charge in [0.1, 0.15) is 12.0 Å². The summed E-state index contributed by atoms with van der Waals surface area (Å²) in [5.74, 6) is 0.469. The molecule has 1 heterocycles. The average Bonchev–Trinajstić information content (AvgIpc) is 3.00. The number of allylic oxidation sites excluding steroid dienone is 3. The number of primary amides is 1. The van der Waals surface area contributed by atoms with Crippen molar-refractivity contribution in [2.75, 3.05) is 33.0 Å². The van der Waals surface area contributed by atoms with E-state index in [4.69, 9.17) is 10.5 Å². The van der Waals surface area contributed by atoms with Gasteiger partial charge in [-0.3, -0.25) is 4.79 Å². The molecule has 0 aromatic heterocycles. The predicted molar refractivity (Wildman–Crippen MR) is 168 cm³/mol. The number of hydrogen-bond acceptors (Lipinski definition) is 6. The molecule has 41 heavy (non-hydrogen) atoms. The topological polar surface area (TPSA) is 133 Å². The van der Waals surface area contributed by atoms with Crippen molar-refractivity contribution in [3.63, 3.8) is 0 Å². The van der Waals surface area contributed by atoms with E-state index in [1.54, 1.807) is 13.2 Å². The summed E-state index contributed by atoms with van der Waals surface area (Å²) in [6.07, 6.45) is 11.1. The summed E-state index contributed by atoms with van der Waals surface area (Å²) in [7, 11) is -0.113. The quantitative estimate of drug-likeness (QED) is 0.269. The van der Waals surface area contributed by atoms with Crippen LogP contribution in [0.2, 0.25) is 0 Å². The molecular weight excluding hydrogens is 538 g/mol. The van der Waals surface area contributed by atoms with Gasteiger partial charge in [0.15, 0.2) is 0 Å². The van der Waals surface area contributed by atoms with Gasteiger partial charge in [-0.25, -0.2) is 12.7 Å². The van der Waals surface area contributed by atoms with Gasteiger partial charge in [0.05, 0.1) is 12.9 Å². The highest BCUT2D eigenvalue weighted by Gasteiger charge is 2.27. The highest BCUT2D eigenvalue weighted by molar-refractivity contribution is 7.89. The molecule has 1 amide bonds. The van der Waals surface area contributed by atoms with Crippen molar-refractivity contribution in [3.05, 3.63) is 77.9 Å². The first-order valence-electron chi connectivity index (χ1n) is 14.0. The number of aryl methyl sites for hydroxylation is 1. The molecule has 1 fully saturated rings. The summed E-state index contributed by atoms with van der Waals surface area (Å²) < 4.78 is 30.9. The lowest BCUT2D eigenvalue weighted by Gasteiger charge is -2.28. The Kier molecular flexibility index (Phi) is 17.2. The zero-order chi connectivity index (χ0) is 30.7. The molecule has 1 saturated heterocycles. The second-order valence-corrected chi connectivity index (χ2v) is 11.7. The normalized spacial score (nSPS) is 15.7. The van der Waals surface area contributed by atoms with Gasteiger partial charge in [-0.15, -0.1) is 0 Å². The van der Waals surface area contributed by atoms with E-state index in [1.807, 2.05) is 49.4 Å². The summed E-state index contributed by atoms with van der Waals surface area (Å²) in [4.78, 5) is 21.5. The van der Waals surface area contributed by atoms with Crippen molar-refractivity contribution < 1.29 is 22.7 Å². The summed E-state index contributed by atoms with van der Waals surface area (Å²) >= 11 is 0. The lowest BCUT2D eigenvalue weighted by Crippen LogP contribution is -2.41. The van der Waals surface area contributed by atoms with Crippen LogP contribution in [-0.4, -0.2) is 57.9 Å². The third-order valence-corrected chi connectivity index (χ3v) is 8.24. The zero-order valence-electron chi connectivity index (χ0n) is 24.9. The molecule has 1 aliphatic heterocycles. The Hall–Kier alpha value is -3.27. The molecule has 1 unspecified atom stereocenters. The molecule has 9 heteroatoms. The van der Waals surface area contributed by atoms with Crippen LogP contribution in [0.1, 0.15) is 51.5 Å². The molecule has 1 aliphatic rings. The van der Waals surface area contributed by atoms with Gasteiger partial charge in [-0.05, 0) is 74.9 Å². The van der Waals surface area contributed by atoms with E-state index in [0.29, 0.717) is 25.9 Å². The van der Waals surface area contributed by atoms with Crippen LogP contribution in [0.15, 0.2) is 72.3 Å². The van der Waals surface area contributed by atoms with E-state index >= 15 is 0 Å². The molecule has 0 saturated carbocycles. The van der Waals surface area contributed by atoms with E-state index in [2.05, 4.69) is 30.9 Å². The Balaban J connectivity index is 0.000000387. The molecule has 0 spiro atoms. The summed E-state index contributed by atoms with van der Waals surface area (Å²) in [6, 6.07) is 16.1. The number of sulfonamides is 1. The number of ether oxygens (including phenoxy) is 1. The van der Waals surface area contributed by atoms with Crippen molar-refractivity contribution in [2.24, 2.45) is 17.4 Å². The number of nitrogens with two attached hydrogens (primary N) is 2. The van der Waals surface area contributed by atoms with E-state index in [9.17, 15) is 18.0 Å². The van der Waals surface area contributed by atoms with Crippen LogP contribution in [0.5, 0.6) is 5.75 Å². The van der Waals surface area contributed by atoms with E-state index in [-0.39, 0.29) is 17.6 Å². The van der Waals surface area contributed by atoms with Crippen LogP contribution in [0.4, 0.5) is 0 Å². The average molecular weight is 586 g/mol. The van der Waals surface area contributed by atoms with Gasteiger partial charge in [0.25, 0.3) is 0 Å². The second-order valence-electron chi connectivity index (χ2n) is 9.70. The molecule has 8 nitrogen and oxygen atoms in total. The largest absolute Gasteiger partial charge is 0.497 e. The number of carbonyl (C=O) groups is 2. The first-order chi connectivity index (χ1) is 19.7. The van der Waals surface area contributed by atoms with Crippen molar-refractivity contribution in [1.82, 2.24) is 4.31 Å². The molecule has 0 radical (unpaired) electrons. The number of carbonyl (C=O) groups excluding carboxylic acids is 2. The van der Waals surface area contributed by atoms with Gasteiger partial charge < -0.3 is 21.0 Å². The second kappa shape index (κ2) is 19.7. The van der Waals surface area contributed by atoms with Crippen LogP contribution in [0.3, 0.4) is 0 Å². The minimum atomic E-state index is -3.27. The maximum absolute atomic E-state index is 12.2. The lowest BCUT2D eigenvalue weighted by molar-refractivity contribution is -0.118. The molecule has 0 bridgehead atoms. The fourth-order valence-corrected chi connectivity index (χ4v) is 5.66. The number of piperidine rings is 1. The van der Waals surface area contributed by atoms with Crippen LogP contribution in [0, 0.1) is 5.92 Å². The molecule has 2 aromatic carbocycles. The Bertz CT molecular complexity index is 1210. The predicted octanol–water partition coefficient (Wildman–Crippen LogP) is 4.88. The Morgan fingerprint density at radius 3 is 2.20 bits per heavy atom. The molecule has 4 N–H and O–H groups in total. The number of benzene rings is 2. The number of methoxy groups -OCH3 is 1. The summed E-state index contributed by atoms with van der Waals surface area (Å²) in [5.41, 5.74) is 14.3. The van der Waals surface area contributed by atoms with Crippen molar-refractivity contribution >= 4 is 22.2 Å². The van der Waals surface area contributed by atoms with Crippen LogP contribution < -0.4 is 16.2 Å². The number of aldehydes is 1. The van der Waals surface area contributed by atoms with Gasteiger partial charge >= 0.3 is 0 Å². The van der Waals surface area contributed by atoms with Crippen molar-refractivity contribution in [2.45, 2.75) is 52.4 Å². The third kappa shape index (κ3) is 13.8.